The minimum absolute atomic E-state index is 0.0210. The maximum absolute atomic E-state index is 11.9. The molecule has 0 aromatic carbocycles. The van der Waals surface area contributed by atoms with E-state index in [0.29, 0.717) is 12.5 Å². The van der Waals surface area contributed by atoms with Crippen LogP contribution in [0.1, 0.15) is 13.8 Å². The number of urea groups is 1. The molecular weight excluding hydrogens is 262 g/mol. The fraction of sp³-hybridized carbons (Fsp3) is 0.417. The molecule has 2 aromatic heterocycles. The van der Waals surface area contributed by atoms with Crippen LogP contribution in [0.4, 0.5) is 9.80 Å². The first-order valence-corrected chi connectivity index (χ1v) is 6.98. The van der Waals surface area contributed by atoms with Gasteiger partial charge < -0.3 is 5.32 Å². The average Bonchev–Trinajstić information content (AvgIpc) is 3.00. The molecular formula is C12H17N5OS. The lowest BCUT2D eigenvalue weighted by molar-refractivity contribution is 0.239. The van der Waals surface area contributed by atoms with Crippen molar-refractivity contribution in [2.24, 2.45) is 5.92 Å². The molecule has 2 amide bonds. The van der Waals surface area contributed by atoms with Crippen LogP contribution in [0, 0.1) is 5.92 Å². The Balaban J connectivity index is 1.91. The summed E-state index contributed by atoms with van der Waals surface area (Å²) in [6.45, 7) is 4.67. The van der Waals surface area contributed by atoms with Crippen LogP contribution in [-0.4, -0.2) is 27.1 Å². The molecule has 0 radical (unpaired) electrons. The van der Waals surface area contributed by atoms with Crippen LogP contribution >= 0.6 is 11.3 Å². The molecule has 19 heavy (non-hydrogen) atoms. The zero-order valence-electron chi connectivity index (χ0n) is 10.9. The summed E-state index contributed by atoms with van der Waals surface area (Å²) >= 11 is 1.49. The topological polar surface area (TPSA) is 71.8 Å². The van der Waals surface area contributed by atoms with Crippen LogP contribution in [0.25, 0.3) is 0 Å². The largest absolute Gasteiger partial charge is 0.333 e. The van der Waals surface area contributed by atoms with Crippen LogP contribution in [0.15, 0.2) is 29.9 Å². The lowest BCUT2D eigenvalue weighted by Gasteiger charge is -2.21. The quantitative estimate of drug-likeness (QED) is 0.881. The second-order valence-corrected chi connectivity index (χ2v) is 5.46. The minimum atomic E-state index is -0.201. The molecule has 0 spiro atoms. The number of nitrogens with zero attached hydrogens (tertiary/aromatic N) is 3. The molecule has 0 aliphatic heterocycles. The highest BCUT2D eigenvalue weighted by Crippen LogP contribution is 2.14. The van der Waals surface area contributed by atoms with Gasteiger partial charge in [0.25, 0.3) is 0 Å². The van der Waals surface area contributed by atoms with Crippen molar-refractivity contribution in [3.05, 3.63) is 29.9 Å². The van der Waals surface area contributed by atoms with Gasteiger partial charge in [-0.1, -0.05) is 13.8 Å². The Hall–Kier alpha value is -1.89. The van der Waals surface area contributed by atoms with Crippen molar-refractivity contribution in [2.45, 2.75) is 26.4 Å². The maximum Gasteiger partial charge on any atom is 0.320 e. The lowest BCUT2D eigenvalue weighted by Crippen LogP contribution is -2.43. The summed E-state index contributed by atoms with van der Waals surface area (Å²) < 4.78 is 0. The van der Waals surface area contributed by atoms with Crippen molar-refractivity contribution < 1.29 is 4.79 Å². The van der Waals surface area contributed by atoms with Crippen LogP contribution in [-0.2, 0) is 6.54 Å². The van der Waals surface area contributed by atoms with Gasteiger partial charge in [0, 0.05) is 0 Å². The van der Waals surface area contributed by atoms with Gasteiger partial charge in [-0.3, -0.25) is 5.32 Å². The number of carbonyl (C=O) groups is 1. The molecule has 6 nitrogen and oxygen atoms in total. The van der Waals surface area contributed by atoms with E-state index in [0.717, 1.165) is 5.00 Å². The van der Waals surface area contributed by atoms with E-state index in [4.69, 9.17) is 0 Å². The van der Waals surface area contributed by atoms with E-state index in [1.54, 1.807) is 17.2 Å². The van der Waals surface area contributed by atoms with Crippen molar-refractivity contribution in [3.8, 4) is 0 Å². The molecule has 0 bridgehead atoms. The first-order chi connectivity index (χ1) is 9.15. The van der Waals surface area contributed by atoms with Crippen molar-refractivity contribution in [1.29, 1.82) is 0 Å². The Morgan fingerprint density at radius 2 is 2.16 bits per heavy atom. The summed E-state index contributed by atoms with van der Waals surface area (Å²) in [5.74, 6) is 0.292. The molecule has 2 heterocycles. The number of amides is 2. The van der Waals surface area contributed by atoms with E-state index in [1.807, 2.05) is 17.5 Å². The predicted molar refractivity (Wildman–Crippen MR) is 75.1 cm³/mol. The van der Waals surface area contributed by atoms with E-state index in [-0.39, 0.29) is 12.1 Å². The minimum Gasteiger partial charge on any atom is -0.333 e. The van der Waals surface area contributed by atoms with E-state index in [1.165, 1.54) is 11.3 Å². The van der Waals surface area contributed by atoms with Crippen LogP contribution in [0.3, 0.4) is 0 Å². The molecule has 2 N–H and O–H groups in total. The van der Waals surface area contributed by atoms with Gasteiger partial charge in [-0.05, 0) is 23.4 Å². The van der Waals surface area contributed by atoms with Crippen molar-refractivity contribution in [1.82, 2.24) is 20.3 Å². The molecule has 7 heteroatoms. The van der Waals surface area contributed by atoms with E-state index in [2.05, 4.69) is 34.7 Å². The molecule has 2 rings (SSSR count). The summed E-state index contributed by atoms with van der Waals surface area (Å²) in [6, 6.07) is 3.54. The van der Waals surface area contributed by atoms with Crippen molar-refractivity contribution >= 4 is 22.4 Å². The normalized spacial score (nSPS) is 12.4. The number of hydrogen-bond acceptors (Lipinski definition) is 4. The van der Waals surface area contributed by atoms with Crippen LogP contribution in [0.2, 0.25) is 0 Å². The Labute approximate surface area is 115 Å². The highest BCUT2D eigenvalue weighted by molar-refractivity contribution is 7.14. The zero-order valence-corrected chi connectivity index (χ0v) is 11.7. The van der Waals surface area contributed by atoms with Gasteiger partial charge in [0.05, 0.1) is 30.0 Å². The predicted octanol–water partition coefficient (Wildman–Crippen LogP) is 2.19. The van der Waals surface area contributed by atoms with Crippen molar-refractivity contribution in [3.63, 3.8) is 0 Å². The second kappa shape index (κ2) is 6.33. The van der Waals surface area contributed by atoms with Crippen molar-refractivity contribution in [2.75, 3.05) is 5.32 Å². The number of hydrogen-bond donors (Lipinski definition) is 2. The Bertz CT molecular complexity index is 494. The first-order valence-electron chi connectivity index (χ1n) is 6.10. The Morgan fingerprint density at radius 3 is 2.74 bits per heavy atom. The molecule has 102 valence electrons. The molecule has 1 unspecified atom stereocenters. The SMILES string of the molecule is CC(C)C(Cn1nccn1)NC(=O)Nc1cccs1. The number of rotatable bonds is 5. The van der Waals surface area contributed by atoms with Crippen LogP contribution in [0.5, 0.6) is 0 Å². The lowest BCUT2D eigenvalue weighted by atomic mass is 10.1. The zero-order chi connectivity index (χ0) is 13.7. The fourth-order valence-corrected chi connectivity index (χ4v) is 2.22. The third-order valence-electron chi connectivity index (χ3n) is 2.71. The molecule has 0 fully saturated rings. The number of carbonyl (C=O) groups excluding carboxylic acids is 1. The van der Waals surface area contributed by atoms with E-state index in [9.17, 15) is 4.79 Å². The third kappa shape index (κ3) is 4.06. The molecule has 1 atom stereocenters. The van der Waals surface area contributed by atoms with Gasteiger partial charge in [-0.25, -0.2) is 4.79 Å². The summed E-state index contributed by atoms with van der Waals surface area (Å²) in [5, 5.41) is 16.6. The van der Waals surface area contributed by atoms with Gasteiger partial charge in [0.2, 0.25) is 0 Å². The second-order valence-electron chi connectivity index (χ2n) is 4.51. The van der Waals surface area contributed by atoms with E-state index >= 15 is 0 Å². The third-order valence-corrected chi connectivity index (χ3v) is 3.49. The summed E-state index contributed by atoms with van der Waals surface area (Å²) in [4.78, 5) is 13.5. The number of anilines is 1. The van der Waals surface area contributed by atoms with Gasteiger partial charge in [0.1, 0.15) is 0 Å². The molecule has 0 saturated heterocycles. The monoisotopic (exact) mass is 279 g/mol. The smallest absolute Gasteiger partial charge is 0.320 e. The number of aromatic nitrogens is 3. The summed E-state index contributed by atoms with van der Waals surface area (Å²) in [6.07, 6.45) is 3.26. The molecule has 0 saturated carbocycles. The molecule has 0 aliphatic rings. The van der Waals surface area contributed by atoms with Gasteiger partial charge >= 0.3 is 6.03 Å². The van der Waals surface area contributed by atoms with Crippen LogP contribution < -0.4 is 10.6 Å². The maximum atomic E-state index is 11.9. The highest BCUT2D eigenvalue weighted by Gasteiger charge is 2.17. The number of thiophene rings is 1. The van der Waals surface area contributed by atoms with Gasteiger partial charge in [-0.15, -0.1) is 11.3 Å². The van der Waals surface area contributed by atoms with Gasteiger partial charge in [-0.2, -0.15) is 15.0 Å². The Morgan fingerprint density at radius 1 is 1.42 bits per heavy atom. The average molecular weight is 279 g/mol. The van der Waals surface area contributed by atoms with Gasteiger partial charge in [0.15, 0.2) is 0 Å². The molecule has 2 aromatic rings. The fourth-order valence-electron chi connectivity index (χ4n) is 1.60. The number of nitrogens with one attached hydrogen (secondary N) is 2. The standard InChI is InChI=1S/C12H17N5OS/c1-9(2)10(8-17-13-5-6-14-17)15-12(18)16-11-4-3-7-19-11/h3-7,9-10H,8H2,1-2H3,(H2,15,16,18). The highest BCUT2D eigenvalue weighted by atomic mass is 32.1. The molecule has 0 aliphatic carbocycles. The van der Waals surface area contributed by atoms with E-state index < -0.39 is 0 Å². The first kappa shape index (κ1) is 13.5. The summed E-state index contributed by atoms with van der Waals surface area (Å²) in [7, 11) is 0. The Kier molecular flexibility index (Phi) is 4.51. The summed E-state index contributed by atoms with van der Waals surface area (Å²) in [5.41, 5.74) is 0.